The van der Waals surface area contributed by atoms with Crippen LogP contribution in [0.25, 0.3) is 0 Å². The lowest BCUT2D eigenvalue weighted by Gasteiger charge is -2.21. The van der Waals surface area contributed by atoms with E-state index in [4.69, 9.17) is 9.84 Å². The number of halogens is 1. The lowest BCUT2D eigenvalue weighted by Crippen LogP contribution is -2.29. The molecule has 0 amide bonds. The molecule has 1 rings (SSSR count). The van der Waals surface area contributed by atoms with Crippen LogP contribution in [0.2, 0.25) is 0 Å². The molecule has 0 fully saturated rings. The van der Waals surface area contributed by atoms with Gasteiger partial charge in [0.2, 0.25) is 0 Å². The van der Waals surface area contributed by atoms with Crippen LogP contribution in [0.4, 0.5) is 0 Å². The average Bonchev–Trinajstić information content (AvgIpc) is 2.28. The fourth-order valence-corrected chi connectivity index (χ4v) is 2.48. The molecule has 0 aliphatic rings. The standard InChI is InChI=1S/C13H20BrNO2/c1-9(6-7-16)15-10(2)12-5-4-11(17-3)8-13(12)14/h4-5,8-10,15-16H,6-7H2,1-3H3/t9-,10+/m1/s1. The Hall–Kier alpha value is -0.580. The Kier molecular flexibility index (Phi) is 5.95. The van der Waals surface area contributed by atoms with Gasteiger partial charge in [-0.05, 0) is 38.0 Å². The van der Waals surface area contributed by atoms with Crippen molar-refractivity contribution in [2.24, 2.45) is 0 Å². The van der Waals surface area contributed by atoms with Gasteiger partial charge in [-0.1, -0.05) is 22.0 Å². The number of aliphatic hydroxyl groups is 1. The highest BCUT2D eigenvalue weighted by molar-refractivity contribution is 9.10. The van der Waals surface area contributed by atoms with E-state index in [2.05, 4.69) is 35.1 Å². The SMILES string of the molecule is COc1ccc([C@H](C)N[C@H](C)CCO)c(Br)c1. The molecule has 1 aromatic rings. The molecule has 96 valence electrons. The molecule has 0 radical (unpaired) electrons. The predicted molar refractivity (Wildman–Crippen MR) is 73.4 cm³/mol. The van der Waals surface area contributed by atoms with Gasteiger partial charge in [0.25, 0.3) is 0 Å². The zero-order valence-electron chi connectivity index (χ0n) is 10.5. The van der Waals surface area contributed by atoms with Crippen LogP contribution >= 0.6 is 15.9 Å². The molecule has 0 bridgehead atoms. The molecular formula is C13H20BrNO2. The molecule has 2 atom stereocenters. The van der Waals surface area contributed by atoms with Crippen molar-refractivity contribution in [3.8, 4) is 5.75 Å². The van der Waals surface area contributed by atoms with Crippen molar-refractivity contribution in [3.63, 3.8) is 0 Å². The molecule has 17 heavy (non-hydrogen) atoms. The molecule has 4 heteroatoms. The number of hydrogen-bond donors (Lipinski definition) is 2. The monoisotopic (exact) mass is 301 g/mol. The Morgan fingerprint density at radius 2 is 2.12 bits per heavy atom. The van der Waals surface area contributed by atoms with Crippen LogP contribution < -0.4 is 10.1 Å². The summed E-state index contributed by atoms with van der Waals surface area (Å²) in [7, 11) is 1.66. The minimum absolute atomic E-state index is 0.213. The predicted octanol–water partition coefficient (Wildman–Crippen LogP) is 2.88. The number of ether oxygens (including phenoxy) is 1. The highest BCUT2D eigenvalue weighted by atomic mass is 79.9. The van der Waals surface area contributed by atoms with Crippen LogP contribution in [0.15, 0.2) is 22.7 Å². The van der Waals surface area contributed by atoms with E-state index >= 15 is 0 Å². The normalized spacial score (nSPS) is 14.4. The van der Waals surface area contributed by atoms with Gasteiger partial charge in [0, 0.05) is 23.2 Å². The molecule has 3 nitrogen and oxygen atoms in total. The summed E-state index contributed by atoms with van der Waals surface area (Å²) < 4.78 is 6.20. The Morgan fingerprint density at radius 3 is 2.65 bits per heavy atom. The fourth-order valence-electron chi connectivity index (χ4n) is 1.78. The van der Waals surface area contributed by atoms with Crippen molar-refractivity contribution < 1.29 is 9.84 Å². The van der Waals surface area contributed by atoms with Crippen molar-refractivity contribution in [3.05, 3.63) is 28.2 Å². The van der Waals surface area contributed by atoms with Gasteiger partial charge in [0.15, 0.2) is 0 Å². The summed E-state index contributed by atoms with van der Waals surface area (Å²) in [6.45, 7) is 4.40. The first-order valence-electron chi connectivity index (χ1n) is 5.78. The van der Waals surface area contributed by atoms with Crippen molar-refractivity contribution in [1.29, 1.82) is 0 Å². The largest absolute Gasteiger partial charge is 0.497 e. The quantitative estimate of drug-likeness (QED) is 0.849. The maximum atomic E-state index is 8.88. The van der Waals surface area contributed by atoms with E-state index in [1.807, 2.05) is 18.2 Å². The molecule has 0 aromatic heterocycles. The van der Waals surface area contributed by atoms with E-state index < -0.39 is 0 Å². The molecule has 2 N–H and O–H groups in total. The first kappa shape index (κ1) is 14.5. The number of aliphatic hydroxyl groups excluding tert-OH is 1. The molecule has 1 aromatic carbocycles. The summed E-state index contributed by atoms with van der Waals surface area (Å²) in [6, 6.07) is 6.49. The van der Waals surface area contributed by atoms with Gasteiger partial charge in [-0.3, -0.25) is 0 Å². The van der Waals surface area contributed by atoms with E-state index in [9.17, 15) is 0 Å². The summed E-state index contributed by atoms with van der Waals surface area (Å²) in [5, 5.41) is 12.3. The topological polar surface area (TPSA) is 41.5 Å². The van der Waals surface area contributed by atoms with Gasteiger partial charge in [-0.25, -0.2) is 0 Å². The number of nitrogens with one attached hydrogen (secondary N) is 1. The summed E-state index contributed by atoms with van der Waals surface area (Å²) in [6.07, 6.45) is 0.762. The van der Waals surface area contributed by atoms with Gasteiger partial charge in [0.05, 0.1) is 7.11 Å². The molecular weight excluding hydrogens is 282 g/mol. The summed E-state index contributed by atoms with van der Waals surface area (Å²) >= 11 is 3.55. The van der Waals surface area contributed by atoms with Crippen LogP contribution in [0, 0.1) is 0 Å². The minimum Gasteiger partial charge on any atom is -0.497 e. The fraction of sp³-hybridized carbons (Fsp3) is 0.538. The summed E-state index contributed by atoms with van der Waals surface area (Å²) in [5.41, 5.74) is 1.19. The third-order valence-electron chi connectivity index (χ3n) is 2.77. The number of hydrogen-bond acceptors (Lipinski definition) is 3. The lowest BCUT2D eigenvalue weighted by molar-refractivity contribution is 0.264. The molecule has 0 saturated carbocycles. The van der Waals surface area contributed by atoms with E-state index in [0.29, 0.717) is 6.04 Å². The second-order valence-corrected chi connectivity index (χ2v) is 5.04. The van der Waals surface area contributed by atoms with Crippen LogP contribution in [-0.2, 0) is 0 Å². The Morgan fingerprint density at radius 1 is 1.41 bits per heavy atom. The summed E-state index contributed by atoms with van der Waals surface area (Å²) in [4.78, 5) is 0. The van der Waals surface area contributed by atoms with E-state index in [0.717, 1.165) is 16.6 Å². The maximum Gasteiger partial charge on any atom is 0.120 e. The molecule has 0 unspecified atom stereocenters. The number of rotatable bonds is 6. The molecule has 0 heterocycles. The Balaban J connectivity index is 2.71. The van der Waals surface area contributed by atoms with Gasteiger partial charge in [-0.15, -0.1) is 0 Å². The van der Waals surface area contributed by atoms with Crippen molar-refractivity contribution in [2.45, 2.75) is 32.4 Å². The van der Waals surface area contributed by atoms with Gasteiger partial charge in [0.1, 0.15) is 5.75 Å². The summed E-state index contributed by atoms with van der Waals surface area (Å²) in [5.74, 6) is 0.844. The molecule has 0 spiro atoms. The molecule has 0 saturated heterocycles. The van der Waals surface area contributed by atoms with Crippen LogP contribution in [0.5, 0.6) is 5.75 Å². The van der Waals surface area contributed by atoms with E-state index in [1.54, 1.807) is 7.11 Å². The minimum atomic E-state index is 0.213. The highest BCUT2D eigenvalue weighted by Crippen LogP contribution is 2.27. The van der Waals surface area contributed by atoms with Crippen molar-refractivity contribution in [1.82, 2.24) is 5.32 Å². The van der Waals surface area contributed by atoms with Crippen molar-refractivity contribution >= 4 is 15.9 Å². The second kappa shape index (κ2) is 6.99. The van der Waals surface area contributed by atoms with E-state index in [-0.39, 0.29) is 12.6 Å². The Bertz CT molecular complexity index is 357. The smallest absolute Gasteiger partial charge is 0.120 e. The average molecular weight is 302 g/mol. The van der Waals surface area contributed by atoms with Gasteiger partial charge in [-0.2, -0.15) is 0 Å². The third-order valence-corrected chi connectivity index (χ3v) is 3.46. The van der Waals surface area contributed by atoms with Crippen molar-refractivity contribution in [2.75, 3.05) is 13.7 Å². The van der Waals surface area contributed by atoms with Crippen LogP contribution in [0.1, 0.15) is 31.9 Å². The zero-order chi connectivity index (χ0) is 12.8. The lowest BCUT2D eigenvalue weighted by atomic mass is 10.1. The third kappa shape index (κ3) is 4.30. The highest BCUT2D eigenvalue weighted by Gasteiger charge is 2.12. The zero-order valence-corrected chi connectivity index (χ0v) is 12.1. The second-order valence-electron chi connectivity index (χ2n) is 4.19. The molecule has 0 aliphatic carbocycles. The maximum absolute atomic E-state index is 8.88. The Labute approximate surface area is 111 Å². The van der Waals surface area contributed by atoms with Gasteiger partial charge < -0.3 is 15.2 Å². The first-order chi connectivity index (χ1) is 8.08. The van der Waals surface area contributed by atoms with Crippen LogP contribution in [0.3, 0.4) is 0 Å². The number of methoxy groups -OCH3 is 1. The number of benzene rings is 1. The van der Waals surface area contributed by atoms with Crippen LogP contribution in [-0.4, -0.2) is 24.9 Å². The molecule has 0 aliphatic heterocycles. The first-order valence-corrected chi connectivity index (χ1v) is 6.58. The van der Waals surface area contributed by atoms with Gasteiger partial charge >= 0.3 is 0 Å². The van der Waals surface area contributed by atoms with E-state index in [1.165, 1.54) is 5.56 Å².